The predicted molar refractivity (Wildman–Crippen MR) is 139 cm³/mol. The predicted octanol–water partition coefficient (Wildman–Crippen LogP) is 5.95. The summed E-state index contributed by atoms with van der Waals surface area (Å²) in [7, 11) is 0. The number of benzene rings is 2. The van der Waals surface area contributed by atoms with Gasteiger partial charge in [-0.25, -0.2) is 9.18 Å². The Morgan fingerprint density at radius 2 is 1.70 bits per heavy atom. The van der Waals surface area contributed by atoms with E-state index in [0.29, 0.717) is 18.1 Å². The molecule has 11 heteroatoms. The number of carboxylic acids is 1. The maximum atomic E-state index is 14.8. The van der Waals surface area contributed by atoms with E-state index in [1.54, 1.807) is 30.3 Å². The molecule has 2 aliphatic rings. The Labute approximate surface area is 232 Å². The van der Waals surface area contributed by atoms with Gasteiger partial charge in [0.25, 0.3) is 0 Å². The summed E-state index contributed by atoms with van der Waals surface area (Å²) >= 11 is 6.05. The number of fused-ring (bicyclic) bond motifs is 2. The van der Waals surface area contributed by atoms with E-state index >= 15 is 0 Å². The zero-order valence-corrected chi connectivity index (χ0v) is 21.6. The Balaban J connectivity index is 1.63. The number of carbonyl (C=O) groups is 2. The third-order valence-electron chi connectivity index (χ3n) is 7.56. The molecule has 6 nitrogen and oxygen atoms in total. The summed E-state index contributed by atoms with van der Waals surface area (Å²) < 4.78 is 56.2. The van der Waals surface area contributed by atoms with Gasteiger partial charge in [-0.2, -0.15) is 13.2 Å². The topological polar surface area (TPSA) is 91.3 Å². The zero-order chi connectivity index (χ0) is 28.7. The standard InChI is InChI=1S/C29H24ClF4N3O3/c30-21-8-9-23(35-15-21)28(14-16-4-2-1-3-5-16,19-11-20(29(32,33)34)13-22(31)12-19)37-27(40)36-25-18-7-6-17(10-18)24(25)26(38)39/h1-9,11-13,15,17-18,24-25H,10,14H2,(H,38,39)(H2,36,37,40)/t17-,18+,24+,25-,28-/m0/s1. The number of aliphatic carboxylic acids is 1. The van der Waals surface area contributed by atoms with Gasteiger partial charge >= 0.3 is 18.2 Å². The number of urea groups is 1. The molecule has 0 spiro atoms. The molecule has 40 heavy (non-hydrogen) atoms. The molecule has 3 aromatic rings. The maximum Gasteiger partial charge on any atom is 0.416 e. The fourth-order valence-electron chi connectivity index (χ4n) is 5.79. The Hall–Kier alpha value is -3.92. The Kier molecular flexibility index (Phi) is 7.31. The highest BCUT2D eigenvalue weighted by atomic mass is 35.5. The van der Waals surface area contributed by atoms with Crippen molar-refractivity contribution < 1.29 is 32.3 Å². The average molecular weight is 574 g/mol. The van der Waals surface area contributed by atoms with E-state index in [2.05, 4.69) is 15.6 Å². The lowest BCUT2D eigenvalue weighted by molar-refractivity contribution is -0.143. The molecule has 1 heterocycles. The van der Waals surface area contributed by atoms with Gasteiger partial charge in [-0.05, 0) is 59.7 Å². The number of nitrogens with one attached hydrogen (secondary N) is 2. The van der Waals surface area contributed by atoms with Crippen LogP contribution in [0.25, 0.3) is 0 Å². The first-order chi connectivity index (χ1) is 19.0. The molecule has 2 bridgehead atoms. The van der Waals surface area contributed by atoms with Crippen LogP contribution in [0.5, 0.6) is 0 Å². The Morgan fingerprint density at radius 1 is 1.00 bits per heavy atom. The van der Waals surface area contributed by atoms with Crippen LogP contribution < -0.4 is 10.6 Å². The van der Waals surface area contributed by atoms with Crippen LogP contribution >= 0.6 is 11.6 Å². The van der Waals surface area contributed by atoms with Gasteiger partial charge in [-0.1, -0.05) is 54.1 Å². The third kappa shape index (κ3) is 5.40. The number of allylic oxidation sites excluding steroid dienone is 1. The van der Waals surface area contributed by atoms with E-state index in [4.69, 9.17) is 11.6 Å². The summed E-state index contributed by atoms with van der Waals surface area (Å²) in [6, 6.07) is 12.1. The fraction of sp³-hybridized carbons (Fsp3) is 0.276. The van der Waals surface area contributed by atoms with Crippen molar-refractivity contribution in [3.63, 3.8) is 0 Å². The minimum Gasteiger partial charge on any atom is -0.481 e. The number of amides is 2. The number of hydrogen-bond acceptors (Lipinski definition) is 3. The van der Waals surface area contributed by atoms with E-state index in [0.717, 1.165) is 12.1 Å². The molecule has 0 saturated heterocycles. The number of rotatable bonds is 7. The van der Waals surface area contributed by atoms with Gasteiger partial charge in [-0.3, -0.25) is 9.78 Å². The summed E-state index contributed by atoms with van der Waals surface area (Å²) in [5.41, 5.74) is -2.51. The summed E-state index contributed by atoms with van der Waals surface area (Å²) in [5, 5.41) is 15.6. The van der Waals surface area contributed by atoms with Crippen molar-refractivity contribution in [2.24, 2.45) is 17.8 Å². The lowest BCUT2D eigenvalue weighted by Gasteiger charge is -2.37. The van der Waals surface area contributed by atoms with Crippen molar-refractivity contribution in [3.05, 3.63) is 112 Å². The van der Waals surface area contributed by atoms with Crippen molar-refractivity contribution in [1.29, 1.82) is 0 Å². The second kappa shape index (κ2) is 10.6. The van der Waals surface area contributed by atoms with Gasteiger partial charge in [0.1, 0.15) is 11.4 Å². The molecule has 2 aliphatic carbocycles. The SMILES string of the molecule is O=C(N[C@@H]1[C@H](C(=O)O)[C@H]2C=C[C@@H]1C2)N[C@@](Cc1ccccc1)(c1cc(F)cc(C(F)(F)F)c1)c1ccc(Cl)cn1. The molecule has 2 aromatic carbocycles. The maximum absolute atomic E-state index is 14.8. The van der Waals surface area contributed by atoms with Gasteiger partial charge in [0.05, 0.1) is 28.2 Å². The molecule has 5 atom stereocenters. The highest BCUT2D eigenvalue weighted by Crippen LogP contribution is 2.44. The number of aromatic nitrogens is 1. The highest BCUT2D eigenvalue weighted by molar-refractivity contribution is 6.30. The first-order valence-corrected chi connectivity index (χ1v) is 12.9. The number of halogens is 5. The van der Waals surface area contributed by atoms with Gasteiger partial charge in [0, 0.05) is 12.6 Å². The number of hydrogen-bond donors (Lipinski definition) is 3. The molecule has 3 N–H and O–H groups in total. The minimum atomic E-state index is -4.87. The Morgan fingerprint density at radius 3 is 2.35 bits per heavy atom. The fourth-order valence-corrected chi connectivity index (χ4v) is 5.90. The van der Waals surface area contributed by atoms with Crippen LogP contribution in [0, 0.1) is 23.6 Å². The molecule has 0 aliphatic heterocycles. The normalized spacial score (nSPS) is 23.0. The van der Waals surface area contributed by atoms with E-state index in [1.165, 1.54) is 18.3 Å². The quantitative estimate of drug-likeness (QED) is 0.240. The van der Waals surface area contributed by atoms with Crippen LogP contribution in [0.3, 0.4) is 0 Å². The van der Waals surface area contributed by atoms with Crippen LogP contribution in [-0.4, -0.2) is 28.1 Å². The molecular weight excluding hydrogens is 550 g/mol. The first-order valence-electron chi connectivity index (χ1n) is 12.5. The van der Waals surface area contributed by atoms with E-state index in [-0.39, 0.29) is 34.5 Å². The van der Waals surface area contributed by atoms with Crippen LogP contribution in [0.1, 0.15) is 28.8 Å². The van der Waals surface area contributed by atoms with Gasteiger partial charge < -0.3 is 15.7 Å². The number of carbonyl (C=O) groups excluding carboxylic acids is 1. The molecule has 2 amide bonds. The molecule has 0 radical (unpaired) electrons. The largest absolute Gasteiger partial charge is 0.481 e. The molecule has 0 unspecified atom stereocenters. The summed E-state index contributed by atoms with van der Waals surface area (Å²) in [4.78, 5) is 29.9. The van der Waals surface area contributed by atoms with E-state index in [1.807, 2.05) is 12.2 Å². The molecule has 1 fully saturated rings. The average Bonchev–Trinajstić information content (AvgIpc) is 3.50. The highest BCUT2D eigenvalue weighted by Gasteiger charge is 2.50. The van der Waals surface area contributed by atoms with Crippen molar-refractivity contribution in [2.45, 2.75) is 30.6 Å². The van der Waals surface area contributed by atoms with E-state index in [9.17, 15) is 32.3 Å². The van der Waals surface area contributed by atoms with Crippen molar-refractivity contribution >= 4 is 23.6 Å². The molecule has 1 aromatic heterocycles. The van der Waals surface area contributed by atoms with Crippen molar-refractivity contribution in [2.75, 3.05) is 0 Å². The summed E-state index contributed by atoms with van der Waals surface area (Å²) in [5.74, 6) is -3.51. The van der Waals surface area contributed by atoms with Gasteiger partial charge in [0.2, 0.25) is 0 Å². The van der Waals surface area contributed by atoms with Crippen LogP contribution in [0.2, 0.25) is 5.02 Å². The minimum absolute atomic E-state index is 0.102. The van der Waals surface area contributed by atoms with Crippen LogP contribution in [0.15, 0.2) is 79.0 Å². The molecule has 1 saturated carbocycles. The zero-order valence-electron chi connectivity index (χ0n) is 20.8. The Bertz CT molecular complexity index is 1450. The first kappa shape index (κ1) is 27.6. The van der Waals surface area contributed by atoms with Crippen LogP contribution in [-0.2, 0) is 22.9 Å². The smallest absolute Gasteiger partial charge is 0.416 e. The lowest BCUT2D eigenvalue weighted by atomic mass is 9.79. The van der Waals surface area contributed by atoms with Crippen LogP contribution in [0.4, 0.5) is 22.4 Å². The number of nitrogens with zero attached hydrogens (tertiary/aromatic N) is 1. The second-order valence-corrected chi connectivity index (χ2v) is 10.5. The van der Waals surface area contributed by atoms with Gasteiger partial charge in [0.15, 0.2) is 0 Å². The molecule has 5 rings (SSSR count). The summed E-state index contributed by atoms with van der Waals surface area (Å²) in [6.45, 7) is 0. The third-order valence-corrected chi connectivity index (χ3v) is 7.79. The summed E-state index contributed by atoms with van der Waals surface area (Å²) in [6.07, 6.45) is 0.554. The van der Waals surface area contributed by atoms with E-state index < -0.39 is 47.1 Å². The number of carboxylic acid groups (broad SMARTS) is 1. The monoisotopic (exact) mass is 573 g/mol. The molecular formula is C29H24ClF4N3O3. The van der Waals surface area contributed by atoms with Gasteiger partial charge in [-0.15, -0.1) is 0 Å². The van der Waals surface area contributed by atoms with Crippen molar-refractivity contribution in [1.82, 2.24) is 15.6 Å². The lowest BCUT2D eigenvalue weighted by Crippen LogP contribution is -2.56. The number of pyridine rings is 1. The number of alkyl halides is 3. The molecule has 208 valence electrons. The second-order valence-electron chi connectivity index (χ2n) is 10.1. The van der Waals surface area contributed by atoms with Crippen molar-refractivity contribution in [3.8, 4) is 0 Å².